The lowest BCUT2D eigenvalue weighted by Gasteiger charge is -2.30. The van der Waals surface area contributed by atoms with E-state index in [-0.39, 0.29) is 0 Å². The van der Waals surface area contributed by atoms with Crippen molar-refractivity contribution < 1.29 is 0 Å². The number of nitrogens with two attached hydrogens (primary N) is 1. The third-order valence-corrected chi connectivity index (χ3v) is 4.51. The molecule has 1 aromatic rings. The number of hydrogen-bond acceptors (Lipinski definition) is 1. The minimum absolute atomic E-state index is 0.696. The summed E-state index contributed by atoms with van der Waals surface area (Å²) in [6.45, 7) is 3.03. The predicted octanol–water partition coefficient (Wildman–Crippen LogP) is 4.26. The molecule has 100 valence electrons. The van der Waals surface area contributed by atoms with Crippen LogP contribution in [0.2, 0.25) is 0 Å². The fourth-order valence-corrected chi connectivity index (χ4v) is 3.39. The summed E-state index contributed by atoms with van der Waals surface area (Å²) in [6, 6.07) is 9.27. The van der Waals surface area contributed by atoms with Crippen LogP contribution in [0, 0.1) is 5.92 Å². The quantitative estimate of drug-likeness (QED) is 0.824. The summed E-state index contributed by atoms with van der Waals surface area (Å²) in [5, 5.41) is 0. The van der Waals surface area contributed by atoms with Gasteiger partial charge in [-0.05, 0) is 55.2 Å². The standard InChI is InChI=1S/C17H27N/c1-2-14-8-10-16(11-9-14)17(12-13-18)15-6-4-3-5-7-15/h8-11,15,17H,2-7,12-13,18H2,1H3. The van der Waals surface area contributed by atoms with Gasteiger partial charge in [-0.2, -0.15) is 0 Å². The first-order valence-electron chi connectivity index (χ1n) is 7.64. The summed E-state index contributed by atoms with van der Waals surface area (Å²) >= 11 is 0. The third kappa shape index (κ3) is 3.35. The first-order valence-corrected chi connectivity index (χ1v) is 7.64. The zero-order valence-electron chi connectivity index (χ0n) is 11.7. The minimum atomic E-state index is 0.696. The molecule has 1 fully saturated rings. The molecule has 2 rings (SSSR count). The molecule has 1 atom stereocenters. The summed E-state index contributed by atoms with van der Waals surface area (Å²) in [7, 11) is 0. The molecule has 1 aromatic carbocycles. The fourth-order valence-electron chi connectivity index (χ4n) is 3.39. The lowest BCUT2D eigenvalue weighted by molar-refractivity contribution is 0.296. The molecule has 0 amide bonds. The third-order valence-electron chi connectivity index (χ3n) is 4.51. The van der Waals surface area contributed by atoms with Gasteiger partial charge in [0.1, 0.15) is 0 Å². The van der Waals surface area contributed by atoms with Crippen LogP contribution in [0.15, 0.2) is 24.3 Å². The molecule has 0 heterocycles. The van der Waals surface area contributed by atoms with Crippen LogP contribution < -0.4 is 5.73 Å². The lowest BCUT2D eigenvalue weighted by Crippen LogP contribution is -2.19. The summed E-state index contributed by atoms with van der Waals surface area (Å²) in [5.74, 6) is 1.57. The van der Waals surface area contributed by atoms with Crippen LogP contribution in [0.25, 0.3) is 0 Å². The molecule has 1 aliphatic carbocycles. The van der Waals surface area contributed by atoms with Crippen molar-refractivity contribution in [2.75, 3.05) is 6.54 Å². The highest BCUT2D eigenvalue weighted by Gasteiger charge is 2.24. The van der Waals surface area contributed by atoms with Gasteiger partial charge in [0.05, 0.1) is 0 Å². The van der Waals surface area contributed by atoms with Gasteiger partial charge in [-0.1, -0.05) is 50.5 Å². The van der Waals surface area contributed by atoms with E-state index in [2.05, 4.69) is 31.2 Å². The highest BCUT2D eigenvalue weighted by Crippen LogP contribution is 2.37. The van der Waals surface area contributed by atoms with E-state index in [4.69, 9.17) is 5.73 Å². The zero-order chi connectivity index (χ0) is 12.8. The zero-order valence-corrected chi connectivity index (χ0v) is 11.7. The summed E-state index contributed by atoms with van der Waals surface area (Å²) < 4.78 is 0. The van der Waals surface area contributed by atoms with E-state index in [0.29, 0.717) is 5.92 Å². The number of rotatable bonds is 5. The maximum atomic E-state index is 5.83. The molecular formula is C17H27N. The van der Waals surface area contributed by atoms with Crippen LogP contribution in [0.3, 0.4) is 0 Å². The molecule has 0 bridgehead atoms. The van der Waals surface area contributed by atoms with Crippen molar-refractivity contribution in [3.05, 3.63) is 35.4 Å². The van der Waals surface area contributed by atoms with Crippen molar-refractivity contribution in [2.24, 2.45) is 11.7 Å². The smallest absolute Gasteiger partial charge is 0.00713 e. The summed E-state index contributed by atoms with van der Waals surface area (Å²) in [4.78, 5) is 0. The maximum Gasteiger partial charge on any atom is -0.00713 e. The molecule has 2 N–H and O–H groups in total. The van der Waals surface area contributed by atoms with Gasteiger partial charge in [-0.25, -0.2) is 0 Å². The van der Waals surface area contributed by atoms with Gasteiger partial charge in [0.25, 0.3) is 0 Å². The molecule has 0 aromatic heterocycles. The first kappa shape index (κ1) is 13.6. The Morgan fingerprint density at radius 3 is 2.33 bits per heavy atom. The van der Waals surface area contributed by atoms with Crippen LogP contribution in [0.4, 0.5) is 0 Å². The molecule has 1 saturated carbocycles. The molecule has 1 unspecified atom stereocenters. The van der Waals surface area contributed by atoms with E-state index < -0.39 is 0 Å². The lowest BCUT2D eigenvalue weighted by atomic mass is 9.75. The van der Waals surface area contributed by atoms with Crippen LogP contribution in [-0.2, 0) is 6.42 Å². The summed E-state index contributed by atoms with van der Waals surface area (Å²) in [5.41, 5.74) is 8.79. The van der Waals surface area contributed by atoms with Gasteiger partial charge in [-0.15, -0.1) is 0 Å². The molecule has 0 radical (unpaired) electrons. The minimum Gasteiger partial charge on any atom is -0.330 e. The van der Waals surface area contributed by atoms with Crippen LogP contribution in [0.1, 0.15) is 62.5 Å². The normalized spacial score (nSPS) is 18.8. The highest BCUT2D eigenvalue weighted by molar-refractivity contribution is 5.26. The Labute approximate surface area is 112 Å². The molecule has 1 heteroatoms. The average molecular weight is 245 g/mol. The number of aryl methyl sites for hydroxylation is 1. The molecule has 0 aliphatic heterocycles. The monoisotopic (exact) mass is 245 g/mol. The van der Waals surface area contributed by atoms with Crippen LogP contribution in [0.5, 0.6) is 0 Å². The largest absolute Gasteiger partial charge is 0.330 e. The second kappa shape index (κ2) is 6.94. The van der Waals surface area contributed by atoms with Gasteiger partial charge >= 0.3 is 0 Å². The molecule has 0 saturated heterocycles. The Morgan fingerprint density at radius 2 is 1.78 bits per heavy atom. The molecule has 0 spiro atoms. The van der Waals surface area contributed by atoms with Crippen molar-refractivity contribution in [3.8, 4) is 0 Å². The van der Waals surface area contributed by atoms with Crippen molar-refractivity contribution in [1.82, 2.24) is 0 Å². The van der Waals surface area contributed by atoms with Gasteiger partial charge in [-0.3, -0.25) is 0 Å². The second-order valence-corrected chi connectivity index (χ2v) is 5.68. The Bertz CT molecular complexity index is 335. The molecule has 18 heavy (non-hydrogen) atoms. The van der Waals surface area contributed by atoms with Crippen molar-refractivity contribution in [3.63, 3.8) is 0 Å². The van der Waals surface area contributed by atoms with E-state index in [1.54, 1.807) is 0 Å². The van der Waals surface area contributed by atoms with Crippen LogP contribution in [-0.4, -0.2) is 6.54 Å². The van der Waals surface area contributed by atoms with Crippen molar-refractivity contribution in [2.45, 2.75) is 57.8 Å². The maximum absolute atomic E-state index is 5.83. The van der Waals surface area contributed by atoms with E-state index in [9.17, 15) is 0 Å². The SMILES string of the molecule is CCc1ccc(C(CCN)C2CCCCC2)cc1. The Balaban J connectivity index is 2.11. The second-order valence-electron chi connectivity index (χ2n) is 5.68. The topological polar surface area (TPSA) is 26.0 Å². The molecule has 1 nitrogen and oxygen atoms in total. The van der Waals surface area contributed by atoms with Gasteiger partial charge in [0.15, 0.2) is 0 Å². The Kier molecular flexibility index (Phi) is 5.25. The highest BCUT2D eigenvalue weighted by atomic mass is 14.5. The van der Waals surface area contributed by atoms with E-state index in [0.717, 1.165) is 25.3 Å². The van der Waals surface area contributed by atoms with Crippen LogP contribution >= 0.6 is 0 Å². The van der Waals surface area contributed by atoms with E-state index in [1.165, 1.54) is 43.2 Å². The average Bonchev–Trinajstić information content (AvgIpc) is 2.46. The van der Waals surface area contributed by atoms with Gasteiger partial charge in [0.2, 0.25) is 0 Å². The van der Waals surface area contributed by atoms with Crippen molar-refractivity contribution >= 4 is 0 Å². The fraction of sp³-hybridized carbons (Fsp3) is 0.647. The number of benzene rings is 1. The molecular weight excluding hydrogens is 218 g/mol. The summed E-state index contributed by atoms with van der Waals surface area (Å²) in [6.07, 6.45) is 9.35. The van der Waals surface area contributed by atoms with E-state index >= 15 is 0 Å². The number of hydrogen-bond donors (Lipinski definition) is 1. The molecule has 1 aliphatic rings. The van der Waals surface area contributed by atoms with Crippen molar-refractivity contribution in [1.29, 1.82) is 0 Å². The van der Waals surface area contributed by atoms with E-state index in [1.807, 2.05) is 0 Å². The van der Waals surface area contributed by atoms with Gasteiger partial charge < -0.3 is 5.73 Å². The Morgan fingerprint density at radius 1 is 1.11 bits per heavy atom. The van der Waals surface area contributed by atoms with Gasteiger partial charge in [0, 0.05) is 0 Å². The Hall–Kier alpha value is -0.820. The first-order chi connectivity index (χ1) is 8.85. The predicted molar refractivity (Wildman–Crippen MR) is 78.8 cm³/mol.